The first-order chi connectivity index (χ1) is 9.13. The topological polar surface area (TPSA) is 48.3 Å². The van der Waals surface area contributed by atoms with Crippen LogP contribution in [0.5, 0.6) is 11.5 Å². The average molecular weight is 261 g/mol. The molecule has 0 aliphatic heterocycles. The van der Waals surface area contributed by atoms with Gasteiger partial charge in [0.05, 0.1) is 32.1 Å². The van der Waals surface area contributed by atoms with Crippen LogP contribution < -0.4 is 14.8 Å². The molecule has 2 rings (SSSR count). The van der Waals surface area contributed by atoms with E-state index in [0.29, 0.717) is 0 Å². The summed E-state index contributed by atoms with van der Waals surface area (Å²) in [5.41, 5.74) is 2.06. The van der Waals surface area contributed by atoms with E-state index in [1.54, 1.807) is 25.1 Å². The number of nitrogens with one attached hydrogen (secondary N) is 1. The largest absolute Gasteiger partial charge is 0.497 e. The molecule has 1 aromatic heterocycles. The molecule has 1 atom stereocenters. The minimum atomic E-state index is 0.116. The van der Waals surface area contributed by atoms with Gasteiger partial charge in [-0.1, -0.05) is 0 Å². The summed E-state index contributed by atoms with van der Waals surface area (Å²) in [6, 6.07) is 5.94. The van der Waals surface area contributed by atoms with E-state index < -0.39 is 0 Å². The number of hydrogen-bond donors (Lipinski definition) is 1. The Hall–Kier alpha value is -2.17. The quantitative estimate of drug-likeness (QED) is 0.898. The Morgan fingerprint density at radius 3 is 2.63 bits per heavy atom. The molecule has 0 amide bonds. The monoisotopic (exact) mass is 261 g/mol. The van der Waals surface area contributed by atoms with Gasteiger partial charge in [0, 0.05) is 24.9 Å². The Labute approximate surface area is 113 Å². The van der Waals surface area contributed by atoms with Crippen LogP contribution in [0, 0.1) is 0 Å². The van der Waals surface area contributed by atoms with Crippen molar-refractivity contribution in [3.63, 3.8) is 0 Å². The second-order valence-electron chi connectivity index (χ2n) is 4.38. The summed E-state index contributed by atoms with van der Waals surface area (Å²) in [4.78, 5) is 0. The molecule has 0 saturated heterocycles. The first kappa shape index (κ1) is 13.3. The van der Waals surface area contributed by atoms with Crippen LogP contribution in [-0.4, -0.2) is 24.0 Å². The van der Waals surface area contributed by atoms with Gasteiger partial charge in [-0.05, 0) is 19.1 Å². The maximum Gasteiger partial charge on any atom is 0.127 e. The highest BCUT2D eigenvalue weighted by molar-refractivity contribution is 5.47. The zero-order valence-electron chi connectivity index (χ0n) is 11.7. The highest BCUT2D eigenvalue weighted by atomic mass is 16.5. The van der Waals surface area contributed by atoms with Gasteiger partial charge in [0.1, 0.15) is 11.5 Å². The molecule has 0 bridgehead atoms. The predicted molar refractivity (Wildman–Crippen MR) is 74.8 cm³/mol. The summed E-state index contributed by atoms with van der Waals surface area (Å²) in [6.45, 7) is 2.08. The van der Waals surface area contributed by atoms with Gasteiger partial charge in [0.25, 0.3) is 0 Å². The van der Waals surface area contributed by atoms with Crippen molar-refractivity contribution < 1.29 is 9.47 Å². The van der Waals surface area contributed by atoms with Gasteiger partial charge in [0.2, 0.25) is 0 Å². The second-order valence-corrected chi connectivity index (χ2v) is 4.38. The smallest absolute Gasteiger partial charge is 0.127 e. The Kier molecular flexibility index (Phi) is 3.94. The third kappa shape index (κ3) is 2.99. The number of anilines is 1. The lowest BCUT2D eigenvalue weighted by molar-refractivity contribution is 0.390. The lowest BCUT2D eigenvalue weighted by atomic mass is 10.1. The number of methoxy groups -OCH3 is 2. The molecular weight excluding hydrogens is 242 g/mol. The van der Waals surface area contributed by atoms with Crippen LogP contribution in [0.4, 0.5) is 5.69 Å². The van der Waals surface area contributed by atoms with Crippen molar-refractivity contribution >= 4 is 5.69 Å². The number of rotatable bonds is 5. The highest BCUT2D eigenvalue weighted by Crippen LogP contribution is 2.31. The van der Waals surface area contributed by atoms with Crippen LogP contribution in [-0.2, 0) is 7.05 Å². The van der Waals surface area contributed by atoms with Crippen LogP contribution in [0.25, 0.3) is 0 Å². The minimum absolute atomic E-state index is 0.116. The van der Waals surface area contributed by atoms with E-state index in [0.717, 1.165) is 22.7 Å². The van der Waals surface area contributed by atoms with Gasteiger partial charge >= 0.3 is 0 Å². The van der Waals surface area contributed by atoms with Gasteiger partial charge in [-0.25, -0.2) is 0 Å². The molecule has 0 aliphatic rings. The van der Waals surface area contributed by atoms with E-state index in [-0.39, 0.29) is 6.04 Å². The number of ether oxygens (including phenoxy) is 2. The zero-order chi connectivity index (χ0) is 13.8. The van der Waals surface area contributed by atoms with E-state index in [9.17, 15) is 0 Å². The van der Waals surface area contributed by atoms with Gasteiger partial charge in [-0.15, -0.1) is 0 Å². The summed E-state index contributed by atoms with van der Waals surface area (Å²) in [5, 5.41) is 7.52. The first-order valence-electron chi connectivity index (χ1n) is 6.11. The van der Waals surface area contributed by atoms with Gasteiger partial charge in [-0.3, -0.25) is 4.68 Å². The van der Waals surface area contributed by atoms with E-state index >= 15 is 0 Å². The fourth-order valence-electron chi connectivity index (χ4n) is 2.00. The molecule has 5 nitrogen and oxygen atoms in total. The van der Waals surface area contributed by atoms with Crippen molar-refractivity contribution in [2.45, 2.75) is 13.0 Å². The summed E-state index contributed by atoms with van der Waals surface area (Å²) in [5.74, 6) is 1.59. The number of benzene rings is 1. The second kappa shape index (κ2) is 5.65. The molecule has 1 N–H and O–H groups in total. The van der Waals surface area contributed by atoms with Gasteiger partial charge < -0.3 is 14.8 Å². The Morgan fingerprint density at radius 1 is 1.26 bits per heavy atom. The van der Waals surface area contributed by atoms with Crippen LogP contribution in [0.3, 0.4) is 0 Å². The zero-order valence-corrected chi connectivity index (χ0v) is 11.7. The molecule has 0 aliphatic carbocycles. The molecule has 2 aromatic rings. The lowest BCUT2D eigenvalue weighted by Crippen LogP contribution is -2.07. The minimum Gasteiger partial charge on any atom is -0.497 e. The molecule has 0 radical (unpaired) electrons. The number of hydrogen-bond acceptors (Lipinski definition) is 4. The van der Waals surface area contributed by atoms with Crippen molar-refractivity contribution in [1.82, 2.24) is 9.78 Å². The van der Waals surface area contributed by atoms with Crippen molar-refractivity contribution in [2.24, 2.45) is 7.05 Å². The molecule has 0 spiro atoms. The van der Waals surface area contributed by atoms with E-state index in [1.165, 1.54) is 0 Å². The Morgan fingerprint density at radius 2 is 2.05 bits per heavy atom. The average Bonchev–Trinajstić information content (AvgIpc) is 2.83. The van der Waals surface area contributed by atoms with Crippen molar-refractivity contribution in [3.05, 3.63) is 36.2 Å². The molecular formula is C14H19N3O2. The maximum absolute atomic E-state index is 5.41. The SMILES string of the molecule is COc1ccc(C(C)Nc2cnn(C)c2)c(OC)c1. The Balaban J connectivity index is 2.20. The third-order valence-corrected chi connectivity index (χ3v) is 3.00. The van der Waals surface area contributed by atoms with Gasteiger partial charge in [-0.2, -0.15) is 5.10 Å². The molecule has 0 fully saturated rings. The first-order valence-corrected chi connectivity index (χ1v) is 6.11. The molecule has 0 saturated carbocycles. The van der Waals surface area contributed by atoms with E-state index in [2.05, 4.69) is 17.3 Å². The molecule has 1 heterocycles. The molecule has 1 aromatic carbocycles. The fourth-order valence-corrected chi connectivity index (χ4v) is 2.00. The summed E-state index contributed by atoms with van der Waals surface area (Å²) >= 11 is 0. The molecule has 1 unspecified atom stereocenters. The van der Waals surface area contributed by atoms with Crippen LogP contribution in [0.2, 0.25) is 0 Å². The fraction of sp³-hybridized carbons (Fsp3) is 0.357. The van der Waals surface area contributed by atoms with Crippen molar-refractivity contribution in [3.8, 4) is 11.5 Å². The van der Waals surface area contributed by atoms with Crippen molar-refractivity contribution in [1.29, 1.82) is 0 Å². The number of aromatic nitrogens is 2. The molecule has 5 heteroatoms. The predicted octanol–water partition coefficient (Wildman–Crippen LogP) is 2.61. The van der Waals surface area contributed by atoms with Crippen molar-refractivity contribution in [2.75, 3.05) is 19.5 Å². The summed E-state index contributed by atoms with van der Waals surface area (Å²) < 4.78 is 12.4. The van der Waals surface area contributed by atoms with Crippen LogP contribution in [0.15, 0.2) is 30.6 Å². The summed E-state index contributed by atoms with van der Waals surface area (Å²) in [7, 11) is 5.20. The molecule has 102 valence electrons. The van der Waals surface area contributed by atoms with Crippen LogP contribution in [0.1, 0.15) is 18.5 Å². The normalized spacial score (nSPS) is 12.0. The number of aryl methyl sites for hydroxylation is 1. The standard InChI is InChI=1S/C14H19N3O2/c1-10(16-11-8-15-17(2)9-11)13-6-5-12(18-3)7-14(13)19-4/h5-10,16H,1-4H3. The Bertz CT molecular complexity index is 551. The highest BCUT2D eigenvalue weighted by Gasteiger charge is 2.13. The van der Waals surface area contributed by atoms with E-state index in [4.69, 9.17) is 9.47 Å². The molecule has 19 heavy (non-hydrogen) atoms. The lowest BCUT2D eigenvalue weighted by Gasteiger charge is -2.18. The maximum atomic E-state index is 5.41. The number of nitrogens with zero attached hydrogens (tertiary/aromatic N) is 2. The van der Waals surface area contributed by atoms with Crippen LogP contribution >= 0.6 is 0 Å². The van der Waals surface area contributed by atoms with E-state index in [1.807, 2.05) is 31.4 Å². The third-order valence-electron chi connectivity index (χ3n) is 3.00. The van der Waals surface area contributed by atoms with Gasteiger partial charge in [0.15, 0.2) is 0 Å². The summed E-state index contributed by atoms with van der Waals surface area (Å²) in [6.07, 6.45) is 3.74.